The molecule has 0 aromatic rings. The number of halogens is 1. The van der Waals surface area contributed by atoms with Crippen LogP contribution in [0.2, 0.25) is 0 Å². The standard InChI is InChI=1S/C19H37N3O2S.HI/c1-4-20-18(21-12-17(23)14-24-13-16(2)3)22-10-11-25-19(15-22)8-6-5-7-9-19;/h16-17,23H,4-15H2,1-3H3,(H,20,21);1H. The molecule has 0 aromatic carbocycles. The van der Waals surface area contributed by atoms with E-state index in [2.05, 4.69) is 42.7 Å². The summed E-state index contributed by atoms with van der Waals surface area (Å²) in [5.74, 6) is 2.62. The Bertz CT molecular complexity index is 412. The van der Waals surface area contributed by atoms with Gasteiger partial charge in [-0.1, -0.05) is 33.1 Å². The lowest BCUT2D eigenvalue weighted by Gasteiger charge is -2.45. The second kappa shape index (κ2) is 12.7. The lowest BCUT2D eigenvalue weighted by Crippen LogP contribution is -2.53. The molecule has 2 fully saturated rings. The van der Waals surface area contributed by atoms with Gasteiger partial charge in [-0.15, -0.1) is 24.0 Å². The average molecular weight is 500 g/mol. The van der Waals surface area contributed by atoms with E-state index in [4.69, 9.17) is 9.73 Å². The van der Waals surface area contributed by atoms with E-state index >= 15 is 0 Å². The van der Waals surface area contributed by atoms with Crippen LogP contribution in [0.15, 0.2) is 4.99 Å². The lowest BCUT2D eigenvalue weighted by molar-refractivity contribution is 0.0300. The molecule has 1 unspecified atom stereocenters. The maximum Gasteiger partial charge on any atom is 0.194 e. The van der Waals surface area contributed by atoms with Crippen LogP contribution in [0.1, 0.15) is 52.9 Å². The Morgan fingerprint density at radius 1 is 1.27 bits per heavy atom. The van der Waals surface area contributed by atoms with Gasteiger partial charge in [-0.2, -0.15) is 11.8 Å². The number of aliphatic imine (C=N–C) groups is 1. The van der Waals surface area contributed by atoms with Crippen molar-refractivity contribution in [2.24, 2.45) is 10.9 Å². The molecular formula is C19H38IN3O2S. The summed E-state index contributed by atoms with van der Waals surface area (Å²) in [6.07, 6.45) is 6.24. The number of aliphatic hydroxyl groups excluding tert-OH is 1. The molecule has 26 heavy (non-hydrogen) atoms. The van der Waals surface area contributed by atoms with Crippen LogP contribution >= 0.6 is 35.7 Å². The molecule has 2 rings (SSSR count). The smallest absolute Gasteiger partial charge is 0.194 e. The summed E-state index contributed by atoms with van der Waals surface area (Å²) >= 11 is 2.17. The third kappa shape index (κ3) is 8.10. The molecular weight excluding hydrogens is 461 g/mol. The first-order valence-electron chi connectivity index (χ1n) is 9.98. The average Bonchev–Trinajstić information content (AvgIpc) is 2.59. The number of thioether (sulfide) groups is 1. The summed E-state index contributed by atoms with van der Waals surface area (Å²) in [6, 6.07) is 0. The van der Waals surface area contributed by atoms with Gasteiger partial charge < -0.3 is 20.1 Å². The molecule has 0 bridgehead atoms. The highest BCUT2D eigenvalue weighted by Crippen LogP contribution is 2.42. The van der Waals surface area contributed by atoms with Gasteiger partial charge in [0.1, 0.15) is 0 Å². The summed E-state index contributed by atoms with van der Waals surface area (Å²) in [4.78, 5) is 7.11. The van der Waals surface area contributed by atoms with E-state index in [1.54, 1.807) is 0 Å². The topological polar surface area (TPSA) is 57.1 Å². The van der Waals surface area contributed by atoms with Crippen LogP contribution in [0.3, 0.4) is 0 Å². The summed E-state index contributed by atoms with van der Waals surface area (Å²) in [5.41, 5.74) is 0. The van der Waals surface area contributed by atoms with Crippen LogP contribution < -0.4 is 5.32 Å². The molecule has 0 aromatic heterocycles. The molecule has 2 aliphatic rings. The van der Waals surface area contributed by atoms with Gasteiger partial charge in [0.05, 0.1) is 19.3 Å². The molecule has 154 valence electrons. The number of hydrogen-bond acceptors (Lipinski definition) is 4. The monoisotopic (exact) mass is 499 g/mol. The zero-order chi connectivity index (χ0) is 18.1. The van der Waals surface area contributed by atoms with Gasteiger partial charge in [0.15, 0.2) is 5.96 Å². The van der Waals surface area contributed by atoms with E-state index in [1.165, 1.54) is 37.9 Å². The molecule has 1 aliphatic carbocycles. The normalized spacial score (nSPS) is 21.6. The van der Waals surface area contributed by atoms with Crippen molar-refractivity contribution in [1.29, 1.82) is 0 Å². The van der Waals surface area contributed by atoms with Gasteiger partial charge in [-0.25, -0.2) is 0 Å². The second-order valence-corrected chi connectivity index (χ2v) is 9.36. The van der Waals surface area contributed by atoms with Crippen LogP contribution in [0.5, 0.6) is 0 Å². The molecule has 5 nitrogen and oxygen atoms in total. The minimum absolute atomic E-state index is 0. The second-order valence-electron chi connectivity index (χ2n) is 7.79. The minimum Gasteiger partial charge on any atom is -0.389 e. The third-order valence-corrected chi connectivity index (χ3v) is 6.40. The van der Waals surface area contributed by atoms with E-state index in [1.807, 2.05) is 0 Å². The first kappa shape index (κ1) is 24.3. The fraction of sp³-hybridized carbons (Fsp3) is 0.947. The maximum absolute atomic E-state index is 10.1. The zero-order valence-electron chi connectivity index (χ0n) is 16.7. The van der Waals surface area contributed by atoms with E-state index in [9.17, 15) is 5.11 Å². The van der Waals surface area contributed by atoms with Crippen molar-refractivity contribution in [3.63, 3.8) is 0 Å². The molecule has 1 spiro atoms. The summed E-state index contributed by atoms with van der Waals surface area (Å²) in [6.45, 7) is 10.8. The first-order valence-corrected chi connectivity index (χ1v) is 11.0. The Hall–Kier alpha value is 0.270. The van der Waals surface area contributed by atoms with Gasteiger partial charge in [0, 0.05) is 36.7 Å². The van der Waals surface area contributed by atoms with E-state index in [-0.39, 0.29) is 24.0 Å². The molecule has 0 amide bonds. The number of nitrogens with zero attached hydrogens (tertiary/aromatic N) is 2. The third-order valence-electron chi connectivity index (χ3n) is 4.86. The van der Waals surface area contributed by atoms with Crippen molar-refractivity contribution in [1.82, 2.24) is 10.2 Å². The maximum atomic E-state index is 10.1. The van der Waals surface area contributed by atoms with Crippen molar-refractivity contribution >= 4 is 41.7 Å². The molecule has 1 atom stereocenters. The van der Waals surface area contributed by atoms with Gasteiger partial charge >= 0.3 is 0 Å². The van der Waals surface area contributed by atoms with Crippen molar-refractivity contribution in [2.75, 3.05) is 45.1 Å². The van der Waals surface area contributed by atoms with E-state index < -0.39 is 6.10 Å². The highest BCUT2D eigenvalue weighted by molar-refractivity contribution is 14.0. The number of hydrogen-bond donors (Lipinski definition) is 2. The van der Waals surface area contributed by atoms with Crippen molar-refractivity contribution in [2.45, 2.75) is 63.7 Å². The highest BCUT2D eigenvalue weighted by Gasteiger charge is 2.38. The minimum atomic E-state index is -0.532. The summed E-state index contributed by atoms with van der Waals surface area (Å²) in [5, 5.41) is 13.6. The summed E-state index contributed by atoms with van der Waals surface area (Å²) < 4.78 is 5.95. The van der Waals surface area contributed by atoms with Crippen molar-refractivity contribution in [3.05, 3.63) is 0 Å². The number of aliphatic hydroxyl groups is 1. The highest BCUT2D eigenvalue weighted by atomic mass is 127. The number of rotatable bonds is 7. The Kier molecular flexibility index (Phi) is 11.8. The predicted octanol–water partition coefficient (Wildman–Crippen LogP) is 3.36. The van der Waals surface area contributed by atoms with E-state index in [0.717, 1.165) is 25.6 Å². The van der Waals surface area contributed by atoms with E-state index in [0.29, 0.717) is 30.4 Å². The van der Waals surface area contributed by atoms with Crippen LogP contribution in [-0.2, 0) is 4.74 Å². The molecule has 1 saturated heterocycles. The molecule has 1 saturated carbocycles. The Balaban J connectivity index is 0.00000338. The molecule has 1 heterocycles. The Morgan fingerprint density at radius 2 is 2.00 bits per heavy atom. The van der Waals surface area contributed by atoms with Crippen LogP contribution in [0.25, 0.3) is 0 Å². The van der Waals surface area contributed by atoms with Crippen molar-refractivity contribution in [3.8, 4) is 0 Å². The number of ether oxygens (including phenoxy) is 1. The SMILES string of the molecule is CCNC(=NCC(O)COCC(C)C)N1CCSC2(CCCCC2)C1.I. The first-order chi connectivity index (χ1) is 12.0. The summed E-state index contributed by atoms with van der Waals surface area (Å²) in [7, 11) is 0. The zero-order valence-corrected chi connectivity index (χ0v) is 19.9. The number of nitrogens with one attached hydrogen (secondary N) is 1. The van der Waals surface area contributed by atoms with Crippen LogP contribution in [0, 0.1) is 5.92 Å². The molecule has 7 heteroatoms. The molecule has 0 radical (unpaired) electrons. The quantitative estimate of drug-likeness (QED) is 0.320. The predicted molar refractivity (Wildman–Crippen MR) is 123 cm³/mol. The largest absolute Gasteiger partial charge is 0.389 e. The van der Waals surface area contributed by atoms with Gasteiger partial charge in [0.2, 0.25) is 0 Å². The van der Waals surface area contributed by atoms with Crippen LogP contribution in [0.4, 0.5) is 0 Å². The van der Waals surface area contributed by atoms with Gasteiger partial charge in [0.25, 0.3) is 0 Å². The molecule has 1 aliphatic heterocycles. The van der Waals surface area contributed by atoms with Gasteiger partial charge in [-0.05, 0) is 25.7 Å². The molecule has 2 N–H and O–H groups in total. The fourth-order valence-electron chi connectivity index (χ4n) is 3.63. The Morgan fingerprint density at radius 3 is 2.65 bits per heavy atom. The van der Waals surface area contributed by atoms with Crippen molar-refractivity contribution < 1.29 is 9.84 Å². The van der Waals surface area contributed by atoms with Gasteiger partial charge in [-0.3, -0.25) is 4.99 Å². The number of guanidine groups is 1. The lowest BCUT2D eigenvalue weighted by atomic mass is 9.87. The fourth-order valence-corrected chi connectivity index (χ4v) is 5.20. The van der Waals surface area contributed by atoms with Crippen LogP contribution in [-0.4, -0.2) is 72.0 Å². The Labute approximate surface area is 181 Å².